The first-order valence-electron chi connectivity index (χ1n) is 17.4. The van der Waals surface area contributed by atoms with E-state index in [0.717, 1.165) is 0 Å². The Balaban J connectivity index is 0.000000660. The number of benzene rings is 6. The van der Waals surface area contributed by atoms with Gasteiger partial charge in [0, 0.05) is 0 Å². The molecule has 1 aliphatic rings. The molecule has 5 heteroatoms. The van der Waals surface area contributed by atoms with Crippen LogP contribution in [0.25, 0.3) is 33.4 Å². The maximum atomic E-state index is 3.36. The van der Waals surface area contributed by atoms with Crippen molar-refractivity contribution >= 4 is 24.4 Å². The van der Waals surface area contributed by atoms with Gasteiger partial charge in [0.15, 0.2) is 8.80 Å². The standard InChI is InChI=1S/C39H33Si.C9H13.3ClH.Ti/c1-28-13-10-16-31(25-28)34-19-4-7-22-37(34)40(38-23-8-5-20-35(38)32-17-11-14-29(2)26-32)39-24-9-6-21-36(39)33-18-12-15-30(3)27-33;1-6-5-7(2)9(4)8(6)3;;;;/h4-27H,1-3H3;6H,1-4H3;3*1H;/q;-1;;;;+4/p-3. The topological polar surface area (TPSA) is 0 Å². The van der Waals surface area contributed by atoms with Gasteiger partial charge in [-0.1, -0.05) is 189 Å². The average Bonchev–Trinajstić information content (AvgIpc) is 3.34. The van der Waals surface area contributed by atoms with Crippen LogP contribution in [0.3, 0.4) is 0 Å². The summed E-state index contributed by atoms with van der Waals surface area (Å²) in [6, 6.07) is 54.0. The Hall–Kier alpha value is -3.40. The molecule has 0 spiro atoms. The molecule has 1 radical (unpaired) electrons. The number of hydrogen-bond donors (Lipinski definition) is 0. The maximum Gasteiger partial charge on any atom is 4.00 e. The van der Waals surface area contributed by atoms with Crippen molar-refractivity contribution in [2.24, 2.45) is 5.92 Å². The van der Waals surface area contributed by atoms with Crippen LogP contribution in [-0.2, 0) is 21.7 Å². The number of hydrogen-bond acceptors (Lipinski definition) is 0. The zero-order chi connectivity index (χ0) is 34.5. The Morgan fingerprint density at radius 3 is 1.00 bits per heavy atom. The minimum atomic E-state index is -1.45. The van der Waals surface area contributed by atoms with Crippen LogP contribution >= 0.6 is 0 Å². The van der Waals surface area contributed by atoms with Crippen LogP contribution in [-0.4, -0.2) is 8.80 Å². The monoisotopic (exact) mass is 803 g/mol. The van der Waals surface area contributed by atoms with Crippen molar-refractivity contribution in [1.82, 2.24) is 0 Å². The van der Waals surface area contributed by atoms with Gasteiger partial charge in [0.05, 0.1) is 0 Å². The predicted molar refractivity (Wildman–Crippen MR) is 214 cm³/mol. The van der Waals surface area contributed by atoms with Crippen molar-refractivity contribution in [2.75, 3.05) is 0 Å². The van der Waals surface area contributed by atoms with Gasteiger partial charge < -0.3 is 37.2 Å². The van der Waals surface area contributed by atoms with Crippen LogP contribution in [0.15, 0.2) is 162 Å². The second-order valence-corrected chi connectivity index (χ2v) is 15.8. The second kappa shape index (κ2) is 20.9. The maximum absolute atomic E-state index is 3.36. The van der Waals surface area contributed by atoms with Crippen LogP contribution in [0.2, 0.25) is 0 Å². The molecule has 0 nitrogen and oxygen atoms in total. The van der Waals surface area contributed by atoms with Crippen molar-refractivity contribution in [2.45, 2.75) is 48.5 Å². The second-order valence-electron chi connectivity index (χ2n) is 13.4. The van der Waals surface area contributed by atoms with Gasteiger partial charge in [-0.25, -0.2) is 5.57 Å². The molecule has 1 atom stereocenters. The van der Waals surface area contributed by atoms with Gasteiger partial charge in [-0.3, -0.25) is 6.08 Å². The molecule has 7 rings (SSSR count). The molecular weight excluding hydrogens is 759 g/mol. The van der Waals surface area contributed by atoms with Crippen molar-refractivity contribution in [1.29, 1.82) is 0 Å². The quantitative estimate of drug-likeness (QED) is 0.137. The zero-order valence-corrected chi connectivity index (χ0v) is 36.4. The number of aryl methyl sites for hydroxylation is 3. The van der Waals surface area contributed by atoms with Crippen LogP contribution in [0, 0.1) is 32.8 Å². The Morgan fingerprint density at radius 2 is 0.755 bits per heavy atom. The Bertz CT molecular complexity index is 1970. The summed E-state index contributed by atoms with van der Waals surface area (Å²) in [6.45, 7) is 15.2. The zero-order valence-electron chi connectivity index (χ0n) is 31.6. The van der Waals surface area contributed by atoms with Gasteiger partial charge in [-0.05, 0) is 69.7 Å². The fourth-order valence-corrected chi connectivity index (χ4v) is 10.0. The molecule has 0 heterocycles. The van der Waals surface area contributed by atoms with Crippen molar-refractivity contribution < 1.29 is 58.9 Å². The van der Waals surface area contributed by atoms with E-state index in [1.165, 1.54) is 82.4 Å². The van der Waals surface area contributed by atoms with Gasteiger partial charge in [-0.15, -0.1) is 6.92 Å². The minimum Gasteiger partial charge on any atom is -1.00 e. The summed E-state index contributed by atoms with van der Waals surface area (Å²) in [4.78, 5) is 0. The van der Waals surface area contributed by atoms with E-state index >= 15 is 0 Å². The molecule has 0 N–H and O–H groups in total. The molecule has 6 aromatic carbocycles. The summed E-state index contributed by atoms with van der Waals surface area (Å²) in [5.74, 6) is 0.560. The molecule has 1 unspecified atom stereocenters. The first kappa shape index (κ1) is 45.8. The van der Waals surface area contributed by atoms with Gasteiger partial charge >= 0.3 is 21.7 Å². The van der Waals surface area contributed by atoms with E-state index < -0.39 is 8.80 Å². The van der Waals surface area contributed by atoms with E-state index in [2.05, 4.69) is 200 Å². The minimum absolute atomic E-state index is 0. The molecule has 0 fully saturated rings. The van der Waals surface area contributed by atoms with E-state index in [-0.39, 0.29) is 58.9 Å². The normalized spacial score (nSPS) is 13.0. The van der Waals surface area contributed by atoms with E-state index in [0.29, 0.717) is 5.92 Å². The SMILES string of the molecule is CC1=[C-]C(C)C(C)=C1C.Cc1cccc(-c2ccccc2[Si](c2ccccc2-c2cccc(C)c2)c2ccccc2-c2cccc(C)c2)c1.[Cl-].[Cl-].[Cl-].[Ti+4]. The Morgan fingerprint density at radius 1 is 0.434 bits per heavy atom. The summed E-state index contributed by atoms with van der Waals surface area (Å²) in [5.41, 5.74) is 15.9. The molecule has 0 aromatic heterocycles. The summed E-state index contributed by atoms with van der Waals surface area (Å²) >= 11 is 0. The number of halogens is 3. The van der Waals surface area contributed by atoms with Gasteiger partial charge in [-0.2, -0.15) is 11.1 Å². The molecule has 0 amide bonds. The molecular formula is C48H46Cl3SiTi. The van der Waals surface area contributed by atoms with E-state index in [4.69, 9.17) is 0 Å². The summed E-state index contributed by atoms with van der Waals surface area (Å²) in [6.07, 6.45) is 3.36. The van der Waals surface area contributed by atoms with Crippen LogP contribution < -0.4 is 52.8 Å². The first-order chi connectivity index (χ1) is 23.7. The number of rotatable bonds is 6. The fraction of sp³-hybridized carbons (Fsp3) is 0.167. The van der Waals surface area contributed by atoms with E-state index in [9.17, 15) is 0 Å². The molecule has 6 aromatic rings. The van der Waals surface area contributed by atoms with Gasteiger partial charge in [0.1, 0.15) is 0 Å². The third-order valence-electron chi connectivity index (χ3n) is 9.81. The molecule has 53 heavy (non-hydrogen) atoms. The molecule has 1 aliphatic carbocycles. The number of allylic oxidation sites excluding steroid dienone is 4. The van der Waals surface area contributed by atoms with Crippen LogP contribution in [0.1, 0.15) is 44.4 Å². The molecule has 267 valence electrons. The average molecular weight is 805 g/mol. The van der Waals surface area contributed by atoms with Gasteiger partial charge in [0.25, 0.3) is 0 Å². The Labute approximate surface area is 353 Å². The fourth-order valence-electron chi connectivity index (χ4n) is 6.89. The van der Waals surface area contributed by atoms with Crippen LogP contribution in [0.5, 0.6) is 0 Å². The molecule has 0 aliphatic heterocycles. The predicted octanol–water partition coefficient (Wildman–Crippen LogP) is 1.86. The molecule has 0 saturated heterocycles. The molecule has 0 bridgehead atoms. The third-order valence-corrected chi connectivity index (χ3v) is 12.7. The van der Waals surface area contributed by atoms with Crippen molar-refractivity contribution in [3.05, 3.63) is 185 Å². The van der Waals surface area contributed by atoms with Crippen molar-refractivity contribution in [3.63, 3.8) is 0 Å². The first-order valence-corrected chi connectivity index (χ1v) is 18.9. The Kier molecular flexibility index (Phi) is 18.0. The van der Waals surface area contributed by atoms with E-state index in [1.807, 2.05) is 0 Å². The van der Waals surface area contributed by atoms with Crippen molar-refractivity contribution in [3.8, 4) is 33.4 Å². The van der Waals surface area contributed by atoms with Crippen LogP contribution in [0.4, 0.5) is 0 Å². The van der Waals surface area contributed by atoms with Gasteiger partial charge in [0.2, 0.25) is 0 Å². The third kappa shape index (κ3) is 10.6. The largest absolute Gasteiger partial charge is 4.00 e. The van der Waals surface area contributed by atoms with E-state index in [1.54, 1.807) is 0 Å². The summed E-state index contributed by atoms with van der Waals surface area (Å²) in [7, 11) is -1.45. The smallest absolute Gasteiger partial charge is 1.00 e. The summed E-state index contributed by atoms with van der Waals surface area (Å²) in [5, 5.41) is 4.25. The summed E-state index contributed by atoms with van der Waals surface area (Å²) < 4.78 is 0. The molecule has 0 saturated carbocycles.